The van der Waals surface area contributed by atoms with Crippen molar-refractivity contribution in [1.82, 2.24) is 29.1 Å². The lowest BCUT2D eigenvalue weighted by Gasteiger charge is -2.37. The normalized spacial score (nSPS) is 18.5. The summed E-state index contributed by atoms with van der Waals surface area (Å²) >= 11 is 16.2. The van der Waals surface area contributed by atoms with Gasteiger partial charge >= 0.3 is 5.69 Å². The predicted molar refractivity (Wildman–Crippen MR) is 213 cm³/mol. The Labute approximate surface area is 335 Å². The Bertz CT molecular complexity index is 2250. The van der Waals surface area contributed by atoms with E-state index in [9.17, 15) is 4.79 Å². The molecule has 0 spiro atoms. The molecule has 0 N–H and O–H groups in total. The van der Waals surface area contributed by atoms with Crippen molar-refractivity contribution in [3.63, 3.8) is 0 Å². The van der Waals surface area contributed by atoms with Crippen molar-refractivity contribution in [2.75, 3.05) is 55.8 Å². The molecule has 13 nitrogen and oxygen atoms in total. The fraction of sp³-hybridized carbons (Fsp3) is 0.282. The number of ether oxygens (including phenoxy) is 4. The molecule has 2 unspecified atom stereocenters. The molecule has 55 heavy (non-hydrogen) atoms. The monoisotopic (exact) mass is 846 g/mol. The molecule has 2 saturated heterocycles. The van der Waals surface area contributed by atoms with Crippen LogP contribution in [-0.4, -0.2) is 81.2 Å². The summed E-state index contributed by atoms with van der Waals surface area (Å²) in [6.07, 6.45) is 4.28. The van der Waals surface area contributed by atoms with Gasteiger partial charge in [-0.15, -0.1) is 0 Å². The van der Waals surface area contributed by atoms with E-state index < -0.39 is 5.79 Å². The van der Waals surface area contributed by atoms with Crippen molar-refractivity contribution in [1.29, 1.82) is 0 Å². The van der Waals surface area contributed by atoms with Crippen molar-refractivity contribution in [2.45, 2.75) is 25.0 Å². The number of anilines is 2. The second-order valence-corrected chi connectivity index (χ2v) is 14.9. The summed E-state index contributed by atoms with van der Waals surface area (Å²) in [5.41, 5.74) is 3.45. The Morgan fingerprint density at radius 1 is 0.800 bits per heavy atom. The molecule has 0 aliphatic carbocycles. The number of benzene rings is 4. The lowest BCUT2D eigenvalue weighted by atomic mass is 10.1. The minimum atomic E-state index is -1.17. The molecule has 0 amide bonds. The Morgan fingerprint density at radius 3 is 2.13 bits per heavy atom. The number of halogens is 3. The summed E-state index contributed by atoms with van der Waals surface area (Å²) in [6.45, 7) is 5.00. The van der Waals surface area contributed by atoms with Gasteiger partial charge in [-0.3, -0.25) is 0 Å². The molecule has 4 aromatic carbocycles. The van der Waals surface area contributed by atoms with Crippen LogP contribution in [-0.2, 0) is 28.4 Å². The van der Waals surface area contributed by atoms with E-state index in [0.717, 1.165) is 59.2 Å². The quantitative estimate of drug-likeness (QED) is 0.129. The maximum Gasteiger partial charge on any atom is 0.350 e. The number of piperazine rings is 1. The SMILES string of the molecule is O=c1n(-c2ccc(N3CCN(c4ccc(OCC5COC(Cn6cncn6)(c6ccc(Cl)cc6Cl)O5)cc4)CC3)cc2)cnn1CCOc1ccc(Br)cc1. The van der Waals surface area contributed by atoms with Crippen molar-refractivity contribution in [3.05, 3.63) is 141 Å². The summed E-state index contributed by atoms with van der Waals surface area (Å²) in [6, 6.07) is 29.0. The van der Waals surface area contributed by atoms with Gasteiger partial charge in [-0.25, -0.2) is 23.7 Å². The van der Waals surface area contributed by atoms with Gasteiger partial charge in [-0.05, 0) is 84.9 Å². The number of hydrogen-bond acceptors (Lipinski definition) is 10. The van der Waals surface area contributed by atoms with E-state index in [0.29, 0.717) is 42.0 Å². The van der Waals surface area contributed by atoms with Gasteiger partial charge in [-0.2, -0.15) is 10.2 Å². The van der Waals surface area contributed by atoms with E-state index in [-0.39, 0.29) is 18.3 Å². The van der Waals surface area contributed by atoms with Gasteiger partial charge in [0.2, 0.25) is 5.79 Å². The van der Waals surface area contributed by atoms with Crippen molar-refractivity contribution >= 4 is 50.5 Å². The Kier molecular flexibility index (Phi) is 11.1. The molecule has 16 heteroatoms. The number of aromatic nitrogens is 6. The summed E-state index contributed by atoms with van der Waals surface area (Å²) in [4.78, 5) is 21.8. The third kappa shape index (κ3) is 8.53. The summed E-state index contributed by atoms with van der Waals surface area (Å²) in [5, 5.41) is 9.49. The van der Waals surface area contributed by atoms with Gasteiger partial charge < -0.3 is 28.7 Å². The highest BCUT2D eigenvalue weighted by molar-refractivity contribution is 9.10. The minimum Gasteiger partial charge on any atom is -0.492 e. The summed E-state index contributed by atoms with van der Waals surface area (Å²) in [7, 11) is 0. The average molecular weight is 849 g/mol. The van der Waals surface area contributed by atoms with Gasteiger partial charge in [0.15, 0.2) is 0 Å². The lowest BCUT2D eigenvalue weighted by molar-refractivity contribution is -0.190. The van der Waals surface area contributed by atoms with Crippen molar-refractivity contribution < 1.29 is 18.9 Å². The first-order chi connectivity index (χ1) is 26.8. The maximum atomic E-state index is 13.0. The second-order valence-electron chi connectivity index (χ2n) is 13.1. The predicted octanol–water partition coefficient (Wildman–Crippen LogP) is 6.45. The van der Waals surface area contributed by atoms with E-state index in [1.807, 2.05) is 54.6 Å². The third-order valence-electron chi connectivity index (χ3n) is 9.57. The second kappa shape index (κ2) is 16.5. The molecule has 2 aromatic heterocycles. The molecule has 284 valence electrons. The summed E-state index contributed by atoms with van der Waals surface area (Å²) in [5.74, 6) is 0.311. The van der Waals surface area contributed by atoms with E-state index in [2.05, 4.69) is 65.2 Å². The van der Waals surface area contributed by atoms with Crippen LogP contribution in [0.5, 0.6) is 11.5 Å². The Balaban J connectivity index is 0.816. The Morgan fingerprint density at radius 2 is 1.45 bits per heavy atom. The van der Waals surface area contributed by atoms with Crippen LogP contribution in [0.2, 0.25) is 10.0 Å². The first-order valence-corrected chi connectivity index (χ1v) is 19.3. The highest BCUT2D eigenvalue weighted by Gasteiger charge is 2.45. The number of rotatable bonds is 13. The van der Waals surface area contributed by atoms with E-state index in [4.69, 9.17) is 42.1 Å². The van der Waals surface area contributed by atoms with Crippen LogP contribution in [0.1, 0.15) is 5.56 Å². The van der Waals surface area contributed by atoms with Crippen LogP contribution >= 0.6 is 39.1 Å². The van der Waals surface area contributed by atoms with Crippen LogP contribution in [0, 0.1) is 0 Å². The van der Waals surface area contributed by atoms with Gasteiger partial charge in [-0.1, -0.05) is 45.2 Å². The topological polar surface area (TPSA) is 114 Å². The largest absolute Gasteiger partial charge is 0.492 e. The highest BCUT2D eigenvalue weighted by Crippen LogP contribution is 2.40. The highest BCUT2D eigenvalue weighted by atomic mass is 79.9. The van der Waals surface area contributed by atoms with Crippen LogP contribution < -0.4 is 25.0 Å². The minimum absolute atomic E-state index is 0.209. The van der Waals surface area contributed by atoms with Crippen LogP contribution in [0.3, 0.4) is 0 Å². The molecule has 6 aromatic rings. The zero-order chi connectivity index (χ0) is 37.8. The van der Waals surface area contributed by atoms with Crippen molar-refractivity contribution in [2.24, 2.45) is 0 Å². The fourth-order valence-electron chi connectivity index (χ4n) is 6.72. The zero-order valence-corrected chi connectivity index (χ0v) is 32.7. The molecule has 0 radical (unpaired) electrons. The van der Waals surface area contributed by atoms with Gasteiger partial charge in [0.05, 0.1) is 23.9 Å². The van der Waals surface area contributed by atoms with Gasteiger partial charge in [0.25, 0.3) is 0 Å². The van der Waals surface area contributed by atoms with Crippen LogP contribution in [0.25, 0.3) is 5.69 Å². The molecule has 0 bridgehead atoms. The van der Waals surface area contributed by atoms with Gasteiger partial charge in [0, 0.05) is 52.6 Å². The maximum absolute atomic E-state index is 13.0. The van der Waals surface area contributed by atoms with Crippen LogP contribution in [0.15, 0.2) is 119 Å². The molecule has 2 aliphatic rings. The molecule has 2 aliphatic heterocycles. The molecular formula is C39H37BrCl2N8O5. The lowest BCUT2D eigenvalue weighted by Crippen LogP contribution is -2.46. The standard InChI is InChI=1S/C39H37BrCl2N8O5/c40-28-1-10-33(11-2-28)52-20-19-50-38(51)49(27-45-50)32-6-4-30(5-7-32)46-15-17-47(18-16-46)31-8-12-34(13-9-31)53-22-35-23-54-39(55-35,24-48-26-43-25-44-48)36-14-3-29(41)21-37(36)42/h1-14,21,25-27,35H,15-20,22-24H2. The average Bonchev–Trinajstić information content (AvgIpc) is 3.96. The smallest absolute Gasteiger partial charge is 0.350 e. The van der Waals surface area contributed by atoms with E-state index in [1.54, 1.807) is 34.0 Å². The number of hydrogen-bond donors (Lipinski definition) is 0. The third-order valence-corrected chi connectivity index (χ3v) is 10.6. The zero-order valence-electron chi connectivity index (χ0n) is 29.6. The first-order valence-electron chi connectivity index (χ1n) is 17.8. The molecule has 8 rings (SSSR count). The molecule has 4 heterocycles. The molecular weight excluding hydrogens is 811 g/mol. The molecule has 2 atom stereocenters. The molecule has 2 fully saturated rings. The van der Waals surface area contributed by atoms with Gasteiger partial charge in [0.1, 0.15) is 56.3 Å². The van der Waals surface area contributed by atoms with Crippen LogP contribution in [0.4, 0.5) is 11.4 Å². The number of nitrogens with zero attached hydrogens (tertiary/aromatic N) is 8. The fourth-order valence-corrected chi connectivity index (χ4v) is 7.54. The first kappa shape index (κ1) is 37.1. The summed E-state index contributed by atoms with van der Waals surface area (Å²) < 4.78 is 30.3. The Hall–Kier alpha value is -4.86. The van der Waals surface area contributed by atoms with E-state index in [1.165, 1.54) is 11.0 Å². The van der Waals surface area contributed by atoms with E-state index >= 15 is 0 Å². The van der Waals surface area contributed by atoms with Crippen molar-refractivity contribution in [3.8, 4) is 17.2 Å². The molecule has 0 saturated carbocycles.